The normalized spacial score (nSPS) is 21.3. The summed E-state index contributed by atoms with van der Waals surface area (Å²) in [5.41, 5.74) is 0.349. The minimum atomic E-state index is -3.50. The Morgan fingerprint density at radius 3 is 2.56 bits per heavy atom. The van der Waals surface area contributed by atoms with Crippen molar-refractivity contribution < 1.29 is 27.6 Å². The van der Waals surface area contributed by atoms with Gasteiger partial charge in [0.2, 0.25) is 0 Å². The van der Waals surface area contributed by atoms with Crippen molar-refractivity contribution in [3.05, 3.63) is 28.8 Å². The molecule has 1 saturated carbocycles. The molecule has 0 saturated heterocycles. The number of hydrogen-bond donors (Lipinski definition) is 0. The molecule has 0 aliphatic heterocycles. The van der Waals surface area contributed by atoms with E-state index in [1.807, 2.05) is 0 Å². The van der Waals surface area contributed by atoms with Crippen LogP contribution in [0.4, 0.5) is 0 Å². The maximum atomic E-state index is 12.8. The molecule has 146 valence electrons. The van der Waals surface area contributed by atoms with Crippen molar-refractivity contribution in [2.24, 2.45) is 17.0 Å². The second-order valence-corrected chi connectivity index (χ2v) is 8.74. The first-order chi connectivity index (χ1) is 12.6. The van der Waals surface area contributed by atoms with E-state index in [1.165, 1.54) is 12.1 Å². The van der Waals surface area contributed by atoms with Crippen LogP contribution < -0.4 is 0 Å². The number of sulfone groups is 1. The number of Topliss-reactive ketones (excluding diaryl/α,β-unsaturated/α-hetero) is 3. The van der Waals surface area contributed by atoms with Crippen molar-refractivity contribution in [2.75, 3.05) is 12.9 Å². The fraction of sp³-hybridized carbons (Fsp3) is 0.444. The quantitative estimate of drug-likeness (QED) is 0.307. The number of carbonyl (C=O) groups excluding carboxylic acids is 3. The van der Waals surface area contributed by atoms with Gasteiger partial charge >= 0.3 is 0 Å². The Kier molecular flexibility index (Phi) is 6.54. The van der Waals surface area contributed by atoms with E-state index in [0.29, 0.717) is 12.3 Å². The fourth-order valence-electron chi connectivity index (χ4n) is 2.94. The maximum absolute atomic E-state index is 12.8. The summed E-state index contributed by atoms with van der Waals surface area (Å²) in [6.07, 6.45) is 1.34. The Morgan fingerprint density at radius 2 is 2.00 bits per heavy atom. The van der Waals surface area contributed by atoms with E-state index >= 15 is 0 Å². The smallest absolute Gasteiger partial charge is 0.182 e. The lowest BCUT2D eigenvalue weighted by molar-refractivity contribution is -0.134. The average molecular weight is 414 g/mol. The van der Waals surface area contributed by atoms with E-state index in [1.54, 1.807) is 13.8 Å². The van der Waals surface area contributed by atoms with E-state index in [2.05, 4.69) is 5.16 Å². The molecular formula is C18H20ClNO6S. The molecule has 0 bridgehead atoms. The summed E-state index contributed by atoms with van der Waals surface area (Å²) in [7, 11) is -3.50. The first-order valence-electron chi connectivity index (χ1n) is 8.34. The maximum Gasteiger partial charge on any atom is 0.182 e. The van der Waals surface area contributed by atoms with E-state index in [4.69, 9.17) is 16.4 Å². The second kappa shape index (κ2) is 8.31. The van der Waals surface area contributed by atoms with Crippen molar-refractivity contribution in [3.8, 4) is 0 Å². The number of nitrogens with zero attached hydrogens (tertiary/aromatic N) is 1. The Balaban J connectivity index is 2.36. The largest absolute Gasteiger partial charge is 0.396 e. The SMILES string of the molecule is CCO/N=C(/C)C1CCC(=O)C(C(=O)c2ccc(S(C)(=O)=O)cc2Cl)C1=O. The van der Waals surface area contributed by atoms with Crippen LogP contribution in [-0.2, 0) is 24.3 Å². The highest BCUT2D eigenvalue weighted by Crippen LogP contribution is 2.30. The van der Waals surface area contributed by atoms with Gasteiger partial charge in [-0.25, -0.2) is 8.42 Å². The number of oxime groups is 1. The predicted molar refractivity (Wildman–Crippen MR) is 99.9 cm³/mol. The lowest BCUT2D eigenvalue weighted by atomic mass is 9.74. The van der Waals surface area contributed by atoms with Crippen molar-refractivity contribution in [1.82, 2.24) is 0 Å². The van der Waals surface area contributed by atoms with Crippen LogP contribution in [0.2, 0.25) is 5.02 Å². The monoisotopic (exact) mass is 413 g/mol. The van der Waals surface area contributed by atoms with Crippen LogP contribution >= 0.6 is 11.6 Å². The van der Waals surface area contributed by atoms with Crippen LogP contribution in [0.3, 0.4) is 0 Å². The van der Waals surface area contributed by atoms with Gasteiger partial charge in [-0.3, -0.25) is 14.4 Å². The highest BCUT2D eigenvalue weighted by molar-refractivity contribution is 7.90. The van der Waals surface area contributed by atoms with Crippen molar-refractivity contribution in [2.45, 2.75) is 31.6 Å². The molecule has 1 aromatic carbocycles. The van der Waals surface area contributed by atoms with Crippen molar-refractivity contribution in [3.63, 3.8) is 0 Å². The van der Waals surface area contributed by atoms with Crippen LogP contribution in [0.1, 0.15) is 37.0 Å². The molecule has 1 fully saturated rings. The summed E-state index contributed by atoms with van der Waals surface area (Å²) in [5, 5.41) is 3.72. The highest BCUT2D eigenvalue weighted by Gasteiger charge is 2.43. The zero-order valence-electron chi connectivity index (χ0n) is 15.2. The van der Waals surface area contributed by atoms with Crippen LogP contribution in [0.25, 0.3) is 0 Å². The summed E-state index contributed by atoms with van der Waals surface area (Å²) in [5.74, 6) is -3.91. The van der Waals surface area contributed by atoms with Gasteiger partial charge in [0.25, 0.3) is 0 Å². The number of rotatable bonds is 6. The first-order valence-corrected chi connectivity index (χ1v) is 10.6. The summed E-state index contributed by atoms with van der Waals surface area (Å²) in [6, 6.07) is 3.60. The lowest BCUT2D eigenvalue weighted by Crippen LogP contribution is -2.43. The number of benzene rings is 1. The molecule has 0 amide bonds. The van der Waals surface area contributed by atoms with Gasteiger partial charge < -0.3 is 4.84 Å². The lowest BCUT2D eigenvalue weighted by Gasteiger charge is -2.26. The molecule has 0 heterocycles. The number of ketones is 3. The molecule has 1 aromatic rings. The van der Waals surface area contributed by atoms with Crippen molar-refractivity contribution in [1.29, 1.82) is 0 Å². The molecule has 0 aromatic heterocycles. The minimum absolute atomic E-state index is 0.0529. The van der Waals surface area contributed by atoms with E-state index in [9.17, 15) is 22.8 Å². The standard InChI is InChI=1S/C18H20ClNO6S/c1-4-26-20-10(2)12-7-8-15(21)16(17(12)22)18(23)13-6-5-11(9-14(13)19)27(3,24)25/h5-6,9,12,16H,4,7-8H2,1-3H3/b20-10-. The molecule has 2 atom stereocenters. The van der Waals surface area contributed by atoms with Crippen LogP contribution in [-0.4, -0.2) is 44.3 Å². The van der Waals surface area contributed by atoms with E-state index in [-0.39, 0.29) is 28.3 Å². The van der Waals surface area contributed by atoms with Crippen molar-refractivity contribution >= 4 is 44.5 Å². The third-order valence-electron chi connectivity index (χ3n) is 4.37. The topological polar surface area (TPSA) is 107 Å². The highest BCUT2D eigenvalue weighted by atomic mass is 35.5. The summed E-state index contributed by atoms with van der Waals surface area (Å²) in [4.78, 5) is 42.8. The minimum Gasteiger partial charge on any atom is -0.396 e. The summed E-state index contributed by atoms with van der Waals surface area (Å²) in [6.45, 7) is 3.70. The van der Waals surface area contributed by atoms with Gasteiger partial charge in [0.15, 0.2) is 27.2 Å². The molecule has 2 unspecified atom stereocenters. The zero-order chi connectivity index (χ0) is 20.4. The van der Waals surface area contributed by atoms with Gasteiger partial charge in [-0.05, 0) is 38.5 Å². The molecule has 9 heteroatoms. The Bertz CT molecular complexity index is 922. The Hall–Kier alpha value is -2.06. The average Bonchev–Trinajstić information content (AvgIpc) is 2.58. The Morgan fingerprint density at radius 1 is 1.33 bits per heavy atom. The van der Waals surface area contributed by atoms with Gasteiger partial charge in [-0.15, -0.1) is 0 Å². The van der Waals surface area contributed by atoms with Gasteiger partial charge in [0.05, 0.1) is 21.5 Å². The molecule has 0 N–H and O–H groups in total. The van der Waals surface area contributed by atoms with Gasteiger partial charge in [0, 0.05) is 18.2 Å². The molecular weight excluding hydrogens is 394 g/mol. The molecule has 1 aliphatic rings. The van der Waals surface area contributed by atoms with E-state index in [0.717, 1.165) is 12.3 Å². The molecule has 2 rings (SSSR count). The van der Waals surface area contributed by atoms with Crippen LogP contribution in [0, 0.1) is 11.8 Å². The van der Waals surface area contributed by atoms with Crippen LogP contribution in [0.5, 0.6) is 0 Å². The number of halogens is 1. The van der Waals surface area contributed by atoms with Gasteiger partial charge in [-0.1, -0.05) is 16.8 Å². The predicted octanol–water partition coefficient (Wildman–Crippen LogP) is 2.50. The van der Waals surface area contributed by atoms with E-state index < -0.39 is 39.0 Å². The molecule has 7 nitrogen and oxygen atoms in total. The third kappa shape index (κ3) is 4.62. The number of hydrogen-bond acceptors (Lipinski definition) is 7. The fourth-order valence-corrected chi connectivity index (χ4v) is 3.92. The molecule has 0 radical (unpaired) electrons. The third-order valence-corrected chi connectivity index (χ3v) is 5.79. The second-order valence-electron chi connectivity index (χ2n) is 6.32. The Labute approximate surface area is 162 Å². The number of carbonyl (C=O) groups is 3. The molecule has 1 aliphatic carbocycles. The van der Waals surface area contributed by atoms with Gasteiger partial charge in [0.1, 0.15) is 12.5 Å². The van der Waals surface area contributed by atoms with Gasteiger partial charge in [-0.2, -0.15) is 0 Å². The zero-order valence-corrected chi connectivity index (χ0v) is 16.8. The summed E-state index contributed by atoms with van der Waals surface area (Å²) < 4.78 is 23.2. The molecule has 0 spiro atoms. The first kappa shape index (κ1) is 21.2. The summed E-state index contributed by atoms with van der Waals surface area (Å²) >= 11 is 6.06. The van der Waals surface area contributed by atoms with Crippen LogP contribution in [0.15, 0.2) is 28.3 Å². The molecule has 27 heavy (non-hydrogen) atoms.